The number of ether oxygens (including phenoxy) is 2. The molecular formula is C11H14O2S2. The normalized spacial score (nSPS) is 23.3. The Morgan fingerprint density at radius 2 is 2.20 bits per heavy atom. The summed E-state index contributed by atoms with van der Waals surface area (Å²) < 4.78 is 13.0. The molecule has 0 saturated carbocycles. The average molecular weight is 242 g/mol. The van der Waals surface area contributed by atoms with E-state index in [2.05, 4.69) is 11.6 Å². The molecule has 1 aliphatic carbocycles. The zero-order valence-electron chi connectivity index (χ0n) is 8.75. The van der Waals surface area contributed by atoms with Crippen molar-refractivity contribution in [1.29, 1.82) is 0 Å². The first kappa shape index (κ1) is 10.1. The van der Waals surface area contributed by atoms with Crippen LogP contribution in [0.4, 0.5) is 0 Å². The second-order valence-electron chi connectivity index (χ2n) is 4.02. The highest BCUT2D eigenvalue weighted by Crippen LogP contribution is 2.41. The Morgan fingerprint density at radius 1 is 1.40 bits per heavy atom. The minimum absolute atomic E-state index is 0.279. The summed E-state index contributed by atoms with van der Waals surface area (Å²) >= 11 is 3.70. The third-order valence-corrected chi connectivity index (χ3v) is 5.43. The van der Waals surface area contributed by atoms with Gasteiger partial charge in [-0.3, -0.25) is 0 Å². The topological polar surface area (TPSA) is 18.5 Å². The fraction of sp³-hybridized carbons (Fsp3) is 0.636. The van der Waals surface area contributed by atoms with Gasteiger partial charge in [-0.2, -0.15) is 0 Å². The van der Waals surface area contributed by atoms with E-state index in [1.165, 1.54) is 15.3 Å². The Kier molecular flexibility index (Phi) is 2.55. The maximum atomic E-state index is 5.78. The summed E-state index contributed by atoms with van der Waals surface area (Å²) in [5, 5.41) is 2.29. The second kappa shape index (κ2) is 3.77. The van der Waals surface area contributed by atoms with Gasteiger partial charge in [0.2, 0.25) is 0 Å². The van der Waals surface area contributed by atoms with Gasteiger partial charge in [-0.15, -0.1) is 23.1 Å². The van der Waals surface area contributed by atoms with E-state index < -0.39 is 0 Å². The maximum absolute atomic E-state index is 5.78. The quantitative estimate of drug-likeness (QED) is 0.705. The van der Waals surface area contributed by atoms with Gasteiger partial charge in [-0.05, 0) is 29.2 Å². The maximum Gasteiger partial charge on any atom is 0.172 e. The minimum atomic E-state index is -0.279. The van der Waals surface area contributed by atoms with Crippen LogP contribution in [0, 0.1) is 0 Å². The number of aryl methyl sites for hydroxylation is 1. The zero-order valence-corrected chi connectivity index (χ0v) is 10.4. The van der Waals surface area contributed by atoms with Gasteiger partial charge in [0, 0.05) is 12.8 Å². The molecule has 1 aromatic heterocycles. The summed E-state index contributed by atoms with van der Waals surface area (Å²) in [5.74, 6) is -0.279. The number of rotatable bonds is 1. The van der Waals surface area contributed by atoms with Crippen LogP contribution in [0.5, 0.6) is 0 Å². The van der Waals surface area contributed by atoms with Crippen LogP contribution in [0.3, 0.4) is 0 Å². The van der Waals surface area contributed by atoms with Gasteiger partial charge in [-0.1, -0.05) is 0 Å². The summed E-state index contributed by atoms with van der Waals surface area (Å²) in [6, 6.07) is 0. The Labute approximate surface area is 98.0 Å². The molecule has 4 heteroatoms. The Bertz CT molecular complexity index is 353. The molecule has 2 aliphatic rings. The lowest BCUT2D eigenvalue weighted by molar-refractivity contribution is -0.164. The molecule has 0 atom stereocenters. The van der Waals surface area contributed by atoms with Crippen LogP contribution in [0.25, 0.3) is 0 Å². The molecular weight excluding hydrogens is 228 g/mol. The van der Waals surface area contributed by atoms with Gasteiger partial charge in [0.15, 0.2) is 5.79 Å². The molecule has 2 nitrogen and oxygen atoms in total. The Morgan fingerprint density at radius 3 is 2.93 bits per heavy atom. The fourth-order valence-corrected chi connectivity index (χ4v) is 4.22. The highest BCUT2D eigenvalue weighted by atomic mass is 32.2. The molecule has 0 aromatic carbocycles. The van der Waals surface area contributed by atoms with E-state index in [9.17, 15) is 0 Å². The number of hydrogen-bond acceptors (Lipinski definition) is 4. The second-order valence-corrected chi connectivity index (χ2v) is 5.97. The van der Waals surface area contributed by atoms with Crippen LogP contribution < -0.4 is 0 Å². The van der Waals surface area contributed by atoms with Crippen LogP contribution in [0.2, 0.25) is 0 Å². The van der Waals surface area contributed by atoms with Crippen LogP contribution in [0.1, 0.15) is 17.5 Å². The smallest absolute Gasteiger partial charge is 0.172 e. The van der Waals surface area contributed by atoms with Gasteiger partial charge in [0.25, 0.3) is 0 Å². The molecule has 0 radical (unpaired) electrons. The lowest BCUT2D eigenvalue weighted by Gasteiger charge is -2.31. The predicted molar refractivity (Wildman–Crippen MR) is 62.8 cm³/mol. The number of hydrogen-bond donors (Lipinski definition) is 0. The average Bonchev–Trinajstić information content (AvgIpc) is 2.85. The SMILES string of the molecule is CSc1scc2c1CC1(CC2)OCCO1. The van der Waals surface area contributed by atoms with Crippen molar-refractivity contribution in [2.24, 2.45) is 0 Å². The van der Waals surface area contributed by atoms with Crippen LogP contribution in [-0.2, 0) is 22.3 Å². The zero-order chi connectivity index (χ0) is 10.3. The minimum Gasteiger partial charge on any atom is -0.347 e. The molecule has 0 amide bonds. The van der Waals surface area contributed by atoms with Crippen molar-refractivity contribution in [2.45, 2.75) is 29.3 Å². The van der Waals surface area contributed by atoms with E-state index in [1.54, 1.807) is 0 Å². The molecule has 82 valence electrons. The van der Waals surface area contributed by atoms with Crippen molar-refractivity contribution in [3.63, 3.8) is 0 Å². The van der Waals surface area contributed by atoms with E-state index >= 15 is 0 Å². The number of fused-ring (bicyclic) bond motifs is 1. The molecule has 15 heavy (non-hydrogen) atoms. The van der Waals surface area contributed by atoms with Crippen molar-refractivity contribution in [1.82, 2.24) is 0 Å². The summed E-state index contributed by atoms with van der Waals surface area (Å²) in [7, 11) is 0. The molecule has 0 bridgehead atoms. The van der Waals surface area contributed by atoms with E-state index in [0.717, 1.165) is 32.5 Å². The molecule has 2 heterocycles. The highest BCUT2D eigenvalue weighted by Gasteiger charge is 2.40. The fourth-order valence-electron chi connectivity index (χ4n) is 2.39. The summed E-state index contributed by atoms with van der Waals surface area (Å²) in [5.41, 5.74) is 2.98. The predicted octanol–water partition coefficient (Wildman–Crippen LogP) is 2.70. The van der Waals surface area contributed by atoms with Crippen molar-refractivity contribution < 1.29 is 9.47 Å². The lowest BCUT2D eigenvalue weighted by atomic mass is 9.90. The monoisotopic (exact) mass is 242 g/mol. The van der Waals surface area contributed by atoms with Gasteiger partial charge < -0.3 is 9.47 Å². The first-order valence-electron chi connectivity index (χ1n) is 5.24. The van der Waals surface area contributed by atoms with E-state index in [-0.39, 0.29) is 5.79 Å². The third kappa shape index (κ3) is 1.64. The first-order valence-corrected chi connectivity index (χ1v) is 7.35. The molecule has 1 fully saturated rings. The van der Waals surface area contributed by atoms with Crippen LogP contribution in [0.15, 0.2) is 9.59 Å². The van der Waals surface area contributed by atoms with E-state index in [0.29, 0.717) is 0 Å². The van der Waals surface area contributed by atoms with Crippen molar-refractivity contribution >= 4 is 23.1 Å². The van der Waals surface area contributed by atoms with Gasteiger partial charge in [0.1, 0.15) is 0 Å². The number of thiophene rings is 1. The lowest BCUT2D eigenvalue weighted by Crippen LogP contribution is -2.36. The molecule has 3 rings (SSSR count). The summed E-state index contributed by atoms with van der Waals surface area (Å²) in [4.78, 5) is 0. The van der Waals surface area contributed by atoms with E-state index in [1.807, 2.05) is 23.1 Å². The molecule has 0 N–H and O–H groups in total. The van der Waals surface area contributed by atoms with E-state index in [4.69, 9.17) is 9.47 Å². The Hall–Kier alpha value is -0.0300. The molecule has 1 aromatic rings. The van der Waals surface area contributed by atoms with Crippen molar-refractivity contribution in [3.8, 4) is 0 Å². The number of thioether (sulfide) groups is 1. The Balaban J connectivity index is 1.93. The molecule has 1 spiro atoms. The van der Waals surface area contributed by atoms with Crippen LogP contribution >= 0.6 is 23.1 Å². The summed E-state index contributed by atoms with van der Waals surface area (Å²) in [6.07, 6.45) is 5.21. The van der Waals surface area contributed by atoms with Crippen molar-refractivity contribution in [2.75, 3.05) is 19.5 Å². The molecule has 1 saturated heterocycles. The molecule has 0 unspecified atom stereocenters. The van der Waals surface area contributed by atoms with Gasteiger partial charge in [-0.25, -0.2) is 0 Å². The third-order valence-electron chi connectivity index (χ3n) is 3.16. The highest BCUT2D eigenvalue weighted by molar-refractivity contribution is 8.00. The summed E-state index contributed by atoms with van der Waals surface area (Å²) in [6.45, 7) is 1.52. The van der Waals surface area contributed by atoms with Gasteiger partial charge in [0.05, 0.1) is 17.4 Å². The first-order chi connectivity index (χ1) is 7.33. The standard InChI is InChI=1S/C11H14O2S2/c1-14-10-9-6-11(12-4-5-13-11)3-2-8(9)7-15-10/h7H,2-6H2,1H3. The van der Waals surface area contributed by atoms with Crippen molar-refractivity contribution in [3.05, 3.63) is 16.5 Å². The largest absolute Gasteiger partial charge is 0.347 e. The van der Waals surface area contributed by atoms with Crippen LogP contribution in [-0.4, -0.2) is 25.3 Å². The molecule has 1 aliphatic heterocycles. The van der Waals surface area contributed by atoms with Gasteiger partial charge >= 0.3 is 0 Å².